The first-order chi connectivity index (χ1) is 15.8. The van der Waals surface area contributed by atoms with E-state index in [2.05, 4.69) is 15.2 Å². The third-order valence-electron chi connectivity index (χ3n) is 6.36. The molecule has 2 aliphatic heterocycles. The van der Waals surface area contributed by atoms with Gasteiger partial charge in [-0.3, -0.25) is 4.79 Å². The Hall–Kier alpha value is -2.91. The minimum absolute atomic E-state index is 0.0324. The fourth-order valence-corrected chi connectivity index (χ4v) is 5.76. The van der Waals surface area contributed by atoms with Crippen molar-refractivity contribution < 1.29 is 19.1 Å². The molecule has 2 N–H and O–H groups in total. The number of benzene rings is 1. The normalized spacial score (nSPS) is 19.9. The van der Waals surface area contributed by atoms with Crippen molar-refractivity contribution in [3.8, 4) is 0 Å². The Morgan fingerprint density at radius 2 is 2.24 bits per heavy atom. The number of fused-ring (bicyclic) bond motifs is 2. The molecule has 33 heavy (non-hydrogen) atoms. The number of hydrogen-bond donors (Lipinski definition) is 2. The molecule has 8 nitrogen and oxygen atoms in total. The second-order valence-electron chi connectivity index (χ2n) is 9.31. The van der Waals surface area contributed by atoms with Gasteiger partial charge >= 0.3 is 5.97 Å². The van der Waals surface area contributed by atoms with Crippen LogP contribution >= 0.6 is 11.3 Å². The molecule has 1 saturated heterocycles. The lowest BCUT2D eigenvalue weighted by molar-refractivity contribution is 0.0600. The van der Waals surface area contributed by atoms with E-state index in [1.807, 2.05) is 32.2 Å². The molecular weight excluding hydrogens is 440 g/mol. The number of aromatic nitrogens is 2. The van der Waals surface area contributed by atoms with Crippen LogP contribution < -0.4 is 10.2 Å². The lowest BCUT2D eigenvalue weighted by Crippen LogP contribution is -2.48. The van der Waals surface area contributed by atoms with Crippen LogP contribution in [-0.2, 0) is 22.3 Å². The number of rotatable bonds is 5. The average Bonchev–Trinajstić information content (AvgIpc) is 3.40. The number of aromatic amines is 1. The second kappa shape index (κ2) is 8.46. The molecule has 174 valence electrons. The Morgan fingerprint density at radius 1 is 1.39 bits per heavy atom. The van der Waals surface area contributed by atoms with E-state index in [0.717, 1.165) is 58.0 Å². The molecule has 0 bridgehead atoms. The minimum Gasteiger partial charge on any atom is -0.465 e. The molecule has 2 aliphatic rings. The SMILES string of the molecule is COC(=O)c1ccc2[nH]cc(CC[C@H]3COCCN3c3nc4c(s3)C(=O)NC(C)(C)C4)c2c1. The Morgan fingerprint density at radius 3 is 3.06 bits per heavy atom. The number of ether oxygens (including phenoxy) is 2. The highest BCUT2D eigenvalue weighted by Crippen LogP contribution is 2.34. The molecule has 5 rings (SSSR count). The fourth-order valence-electron chi connectivity index (χ4n) is 4.68. The minimum atomic E-state index is -0.337. The Labute approximate surface area is 196 Å². The van der Waals surface area contributed by atoms with Gasteiger partial charge < -0.3 is 24.7 Å². The van der Waals surface area contributed by atoms with Crippen LogP contribution in [0.5, 0.6) is 0 Å². The van der Waals surface area contributed by atoms with Gasteiger partial charge in [0, 0.05) is 35.6 Å². The highest BCUT2D eigenvalue weighted by Gasteiger charge is 2.35. The number of esters is 1. The van der Waals surface area contributed by atoms with Gasteiger partial charge in [-0.15, -0.1) is 0 Å². The molecule has 9 heteroatoms. The Kier molecular flexibility index (Phi) is 5.62. The van der Waals surface area contributed by atoms with Crippen LogP contribution in [0.15, 0.2) is 24.4 Å². The number of morpholine rings is 1. The topological polar surface area (TPSA) is 96.6 Å². The molecule has 0 spiro atoms. The van der Waals surface area contributed by atoms with Crippen LogP contribution in [-0.4, -0.2) is 60.3 Å². The smallest absolute Gasteiger partial charge is 0.337 e. The number of anilines is 1. The summed E-state index contributed by atoms with van der Waals surface area (Å²) >= 11 is 1.48. The van der Waals surface area contributed by atoms with E-state index in [1.165, 1.54) is 18.4 Å². The third kappa shape index (κ3) is 4.22. The maximum atomic E-state index is 12.6. The van der Waals surface area contributed by atoms with Gasteiger partial charge in [0.2, 0.25) is 0 Å². The van der Waals surface area contributed by atoms with Gasteiger partial charge in [-0.25, -0.2) is 9.78 Å². The molecule has 0 aliphatic carbocycles. The number of nitrogens with one attached hydrogen (secondary N) is 2. The van der Waals surface area contributed by atoms with Gasteiger partial charge in [-0.05, 0) is 50.5 Å². The van der Waals surface area contributed by atoms with Gasteiger partial charge in [0.15, 0.2) is 5.13 Å². The molecule has 1 amide bonds. The molecular formula is C24H28N4O4S. The predicted molar refractivity (Wildman–Crippen MR) is 127 cm³/mol. The molecule has 1 fully saturated rings. The van der Waals surface area contributed by atoms with Crippen LogP contribution in [0.4, 0.5) is 5.13 Å². The van der Waals surface area contributed by atoms with Gasteiger partial charge in [-0.2, -0.15) is 0 Å². The first kappa shape index (κ1) is 21.9. The van der Waals surface area contributed by atoms with Crippen molar-refractivity contribution in [2.75, 3.05) is 31.8 Å². The highest BCUT2D eigenvalue weighted by atomic mass is 32.1. The van der Waals surface area contributed by atoms with Crippen molar-refractivity contribution in [3.63, 3.8) is 0 Å². The van der Waals surface area contributed by atoms with Crippen LogP contribution in [0.2, 0.25) is 0 Å². The number of hydrogen-bond acceptors (Lipinski definition) is 7. The Bertz CT molecular complexity index is 1210. The second-order valence-corrected chi connectivity index (χ2v) is 10.3. The molecule has 1 aromatic carbocycles. The van der Waals surface area contributed by atoms with E-state index in [4.69, 9.17) is 14.5 Å². The van der Waals surface area contributed by atoms with Crippen LogP contribution in [0, 0.1) is 0 Å². The largest absolute Gasteiger partial charge is 0.465 e. The van der Waals surface area contributed by atoms with Gasteiger partial charge in [-0.1, -0.05) is 11.3 Å². The number of methoxy groups -OCH3 is 1. The summed E-state index contributed by atoms with van der Waals surface area (Å²) in [5.74, 6) is -0.370. The van der Waals surface area contributed by atoms with E-state index in [1.54, 1.807) is 6.07 Å². The summed E-state index contributed by atoms with van der Waals surface area (Å²) in [5.41, 5.74) is 3.30. The highest BCUT2D eigenvalue weighted by molar-refractivity contribution is 7.17. The van der Waals surface area contributed by atoms with Crippen molar-refractivity contribution in [1.82, 2.24) is 15.3 Å². The average molecular weight is 469 g/mol. The molecule has 3 aromatic rings. The lowest BCUT2D eigenvalue weighted by Gasteiger charge is -2.35. The van der Waals surface area contributed by atoms with Crippen molar-refractivity contribution in [2.45, 2.75) is 44.7 Å². The summed E-state index contributed by atoms with van der Waals surface area (Å²) < 4.78 is 10.7. The van der Waals surface area contributed by atoms with Crippen LogP contribution in [0.1, 0.15) is 51.6 Å². The van der Waals surface area contributed by atoms with Crippen molar-refractivity contribution in [3.05, 3.63) is 46.1 Å². The van der Waals surface area contributed by atoms with Gasteiger partial charge in [0.1, 0.15) is 4.88 Å². The van der Waals surface area contributed by atoms with E-state index < -0.39 is 0 Å². The number of amides is 1. The number of carbonyl (C=O) groups excluding carboxylic acids is 2. The quantitative estimate of drug-likeness (QED) is 0.558. The van der Waals surface area contributed by atoms with Crippen molar-refractivity contribution in [2.24, 2.45) is 0 Å². The van der Waals surface area contributed by atoms with E-state index in [-0.39, 0.29) is 23.5 Å². The van der Waals surface area contributed by atoms with E-state index >= 15 is 0 Å². The number of aryl methyl sites for hydroxylation is 1. The number of nitrogens with zero attached hydrogens (tertiary/aromatic N) is 2. The molecule has 0 saturated carbocycles. The Balaban J connectivity index is 1.36. The number of carbonyl (C=O) groups is 2. The summed E-state index contributed by atoms with van der Waals surface area (Å²) in [6, 6.07) is 5.73. The molecule has 4 heterocycles. The monoisotopic (exact) mass is 468 g/mol. The van der Waals surface area contributed by atoms with Gasteiger partial charge in [0.05, 0.1) is 37.6 Å². The lowest BCUT2D eigenvalue weighted by atomic mass is 9.94. The number of thiazole rings is 1. The summed E-state index contributed by atoms with van der Waals surface area (Å²) in [4.78, 5) is 35.7. The summed E-state index contributed by atoms with van der Waals surface area (Å²) in [5, 5.41) is 5.00. The van der Waals surface area contributed by atoms with Crippen LogP contribution in [0.3, 0.4) is 0 Å². The summed E-state index contributed by atoms with van der Waals surface area (Å²) in [6.07, 6.45) is 4.44. The predicted octanol–water partition coefficient (Wildman–Crippen LogP) is 3.31. The number of H-pyrrole nitrogens is 1. The van der Waals surface area contributed by atoms with Crippen LogP contribution in [0.25, 0.3) is 10.9 Å². The first-order valence-electron chi connectivity index (χ1n) is 11.2. The van der Waals surface area contributed by atoms with Crippen molar-refractivity contribution in [1.29, 1.82) is 0 Å². The zero-order valence-corrected chi connectivity index (χ0v) is 19.9. The van der Waals surface area contributed by atoms with E-state index in [0.29, 0.717) is 18.8 Å². The summed E-state index contributed by atoms with van der Waals surface area (Å²) in [6.45, 7) is 6.07. The van der Waals surface area contributed by atoms with Crippen molar-refractivity contribution >= 4 is 39.2 Å². The molecule has 0 radical (unpaired) electrons. The first-order valence-corrected chi connectivity index (χ1v) is 12.0. The zero-order chi connectivity index (χ0) is 23.2. The maximum absolute atomic E-state index is 12.6. The molecule has 0 unspecified atom stereocenters. The zero-order valence-electron chi connectivity index (χ0n) is 19.1. The standard InChI is InChI=1S/C24H28N4O4S/c1-24(2)11-19-20(21(29)27-24)33-23(26-19)28-8-9-32-13-16(28)6-4-15-12-25-18-7-5-14(10-17(15)18)22(30)31-3/h5,7,10,12,16,25H,4,6,8-9,11,13H2,1-3H3,(H,27,29)/t16-/m0/s1. The van der Waals surface area contributed by atoms with E-state index in [9.17, 15) is 9.59 Å². The maximum Gasteiger partial charge on any atom is 0.337 e. The van der Waals surface area contributed by atoms with Gasteiger partial charge in [0.25, 0.3) is 5.91 Å². The molecule has 1 atom stereocenters. The summed E-state index contributed by atoms with van der Waals surface area (Å²) in [7, 11) is 1.39. The fraction of sp³-hybridized carbons (Fsp3) is 0.458. The third-order valence-corrected chi connectivity index (χ3v) is 7.50. The molecule has 2 aromatic heterocycles.